The maximum atomic E-state index is 11.7. The topological polar surface area (TPSA) is 50.2 Å². The number of rotatable bonds is 6. The van der Waals surface area contributed by atoms with E-state index in [1.807, 2.05) is 31.9 Å². The summed E-state index contributed by atoms with van der Waals surface area (Å²) in [5.74, 6) is 0.146. The largest absolute Gasteiger partial charge is 0.342 e. The molecule has 0 spiro atoms. The van der Waals surface area contributed by atoms with Gasteiger partial charge in [0.1, 0.15) is 0 Å². The van der Waals surface area contributed by atoms with Crippen molar-refractivity contribution in [3.05, 3.63) is 18.0 Å². The molecule has 90 valence electrons. The van der Waals surface area contributed by atoms with Crippen molar-refractivity contribution in [2.45, 2.75) is 20.4 Å². The molecule has 0 atom stereocenters. The Hall–Kier alpha value is -1.36. The lowest BCUT2D eigenvalue weighted by molar-refractivity contribution is -0.129. The van der Waals surface area contributed by atoms with Gasteiger partial charge >= 0.3 is 0 Å². The van der Waals surface area contributed by atoms with Gasteiger partial charge in [0.25, 0.3) is 0 Å². The van der Waals surface area contributed by atoms with Gasteiger partial charge in [-0.1, -0.05) is 0 Å². The summed E-state index contributed by atoms with van der Waals surface area (Å²) in [5, 5.41) is 7.19. The van der Waals surface area contributed by atoms with Crippen molar-refractivity contribution in [2.75, 3.05) is 19.6 Å². The normalized spacial score (nSPS) is 10.4. The highest BCUT2D eigenvalue weighted by Gasteiger charge is 2.08. The van der Waals surface area contributed by atoms with Crippen LogP contribution >= 0.6 is 0 Å². The predicted octanol–water partition coefficient (Wildman–Crippen LogP) is 0.378. The summed E-state index contributed by atoms with van der Waals surface area (Å²) in [7, 11) is 1.89. The third-order valence-corrected chi connectivity index (χ3v) is 2.62. The van der Waals surface area contributed by atoms with Crippen LogP contribution in [-0.2, 0) is 18.4 Å². The Morgan fingerprint density at radius 2 is 2.19 bits per heavy atom. The fourth-order valence-electron chi connectivity index (χ4n) is 1.56. The SMILES string of the molecule is CCN(CC)C(=O)CNCc1ccnn1C. The summed E-state index contributed by atoms with van der Waals surface area (Å²) >= 11 is 0. The van der Waals surface area contributed by atoms with Crippen LogP contribution in [0.1, 0.15) is 19.5 Å². The second kappa shape index (κ2) is 6.27. The van der Waals surface area contributed by atoms with Crippen LogP contribution in [-0.4, -0.2) is 40.2 Å². The van der Waals surface area contributed by atoms with Crippen LogP contribution < -0.4 is 5.32 Å². The van der Waals surface area contributed by atoms with Crippen molar-refractivity contribution in [3.63, 3.8) is 0 Å². The first-order valence-corrected chi connectivity index (χ1v) is 5.64. The van der Waals surface area contributed by atoms with E-state index in [0.29, 0.717) is 13.1 Å². The molecule has 1 aromatic heterocycles. The van der Waals surface area contributed by atoms with Gasteiger partial charge in [-0.3, -0.25) is 9.48 Å². The van der Waals surface area contributed by atoms with Crippen LogP contribution in [0.25, 0.3) is 0 Å². The molecule has 1 rings (SSSR count). The fraction of sp³-hybridized carbons (Fsp3) is 0.636. The monoisotopic (exact) mass is 224 g/mol. The molecule has 0 aromatic carbocycles. The van der Waals surface area contributed by atoms with Gasteiger partial charge in [0, 0.05) is 32.9 Å². The van der Waals surface area contributed by atoms with E-state index in [1.54, 1.807) is 10.9 Å². The van der Waals surface area contributed by atoms with Crippen molar-refractivity contribution >= 4 is 5.91 Å². The first-order chi connectivity index (χ1) is 7.69. The first-order valence-electron chi connectivity index (χ1n) is 5.64. The van der Waals surface area contributed by atoms with E-state index in [2.05, 4.69) is 10.4 Å². The minimum absolute atomic E-state index is 0.146. The van der Waals surface area contributed by atoms with Gasteiger partial charge in [-0.15, -0.1) is 0 Å². The number of amides is 1. The number of hydrogen-bond acceptors (Lipinski definition) is 3. The Bertz CT molecular complexity index is 330. The summed E-state index contributed by atoms with van der Waals surface area (Å²) in [4.78, 5) is 13.5. The van der Waals surface area contributed by atoms with Crippen LogP contribution in [0.5, 0.6) is 0 Å². The molecule has 0 unspecified atom stereocenters. The lowest BCUT2D eigenvalue weighted by Crippen LogP contribution is -2.37. The zero-order valence-electron chi connectivity index (χ0n) is 10.2. The number of nitrogens with zero attached hydrogens (tertiary/aromatic N) is 3. The maximum absolute atomic E-state index is 11.7. The standard InChI is InChI=1S/C11H20N4O/c1-4-15(5-2)11(16)9-12-8-10-6-7-13-14(10)3/h6-7,12H,4-5,8-9H2,1-3H3. The van der Waals surface area contributed by atoms with E-state index in [4.69, 9.17) is 0 Å². The summed E-state index contributed by atoms with van der Waals surface area (Å²) in [5.41, 5.74) is 1.08. The molecule has 0 saturated heterocycles. The van der Waals surface area contributed by atoms with Crippen LogP contribution in [0.3, 0.4) is 0 Å². The minimum atomic E-state index is 0.146. The Morgan fingerprint density at radius 3 is 2.69 bits per heavy atom. The molecule has 16 heavy (non-hydrogen) atoms. The smallest absolute Gasteiger partial charge is 0.236 e. The zero-order chi connectivity index (χ0) is 12.0. The molecule has 5 heteroatoms. The van der Waals surface area contributed by atoms with Crippen LogP contribution in [0.2, 0.25) is 0 Å². The van der Waals surface area contributed by atoms with Crippen LogP contribution in [0.4, 0.5) is 0 Å². The number of likely N-dealkylation sites (N-methyl/N-ethyl adjacent to an activating group) is 1. The molecule has 1 heterocycles. The van der Waals surface area contributed by atoms with E-state index in [0.717, 1.165) is 18.8 Å². The van der Waals surface area contributed by atoms with Gasteiger partial charge in [-0.05, 0) is 19.9 Å². The first kappa shape index (κ1) is 12.7. The molecule has 1 amide bonds. The van der Waals surface area contributed by atoms with Crippen molar-refractivity contribution in [3.8, 4) is 0 Å². The third-order valence-electron chi connectivity index (χ3n) is 2.62. The molecule has 0 aliphatic rings. The Labute approximate surface area is 96.4 Å². The van der Waals surface area contributed by atoms with E-state index in [-0.39, 0.29) is 5.91 Å². The van der Waals surface area contributed by atoms with Crippen molar-refractivity contribution < 1.29 is 4.79 Å². The Kier molecular flexibility index (Phi) is 4.98. The Balaban J connectivity index is 2.30. The van der Waals surface area contributed by atoms with Gasteiger partial charge < -0.3 is 10.2 Å². The highest BCUT2D eigenvalue weighted by Crippen LogP contribution is 1.95. The number of aromatic nitrogens is 2. The number of aryl methyl sites for hydroxylation is 1. The average molecular weight is 224 g/mol. The van der Waals surface area contributed by atoms with Crippen molar-refractivity contribution in [1.29, 1.82) is 0 Å². The highest BCUT2D eigenvalue weighted by molar-refractivity contribution is 5.78. The van der Waals surface area contributed by atoms with E-state index >= 15 is 0 Å². The zero-order valence-corrected chi connectivity index (χ0v) is 10.2. The predicted molar refractivity (Wildman–Crippen MR) is 62.8 cm³/mol. The highest BCUT2D eigenvalue weighted by atomic mass is 16.2. The molecule has 0 radical (unpaired) electrons. The number of carbonyl (C=O) groups excluding carboxylic acids is 1. The molecule has 0 aliphatic heterocycles. The van der Waals surface area contributed by atoms with Gasteiger partial charge in [0.05, 0.1) is 12.2 Å². The lowest BCUT2D eigenvalue weighted by atomic mass is 10.4. The number of nitrogens with one attached hydrogen (secondary N) is 1. The van der Waals surface area contributed by atoms with E-state index in [1.165, 1.54) is 0 Å². The second-order valence-electron chi connectivity index (χ2n) is 3.62. The van der Waals surface area contributed by atoms with Gasteiger partial charge in [0.15, 0.2) is 0 Å². The average Bonchev–Trinajstić information content (AvgIpc) is 2.66. The van der Waals surface area contributed by atoms with E-state index in [9.17, 15) is 4.79 Å². The lowest BCUT2D eigenvalue weighted by Gasteiger charge is -2.18. The summed E-state index contributed by atoms with van der Waals surface area (Å²) < 4.78 is 1.80. The molecule has 1 N–H and O–H groups in total. The van der Waals surface area contributed by atoms with Crippen LogP contribution in [0.15, 0.2) is 12.3 Å². The minimum Gasteiger partial charge on any atom is -0.342 e. The second-order valence-corrected chi connectivity index (χ2v) is 3.62. The van der Waals surface area contributed by atoms with Gasteiger partial charge in [-0.2, -0.15) is 5.10 Å². The summed E-state index contributed by atoms with van der Waals surface area (Å²) in [6, 6.07) is 1.94. The molecule has 5 nitrogen and oxygen atoms in total. The van der Waals surface area contributed by atoms with Crippen LogP contribution in [0, 0.1) is 0 Å². The van der Waals surface area contributed by atoms with Gasteiger partial charge in [0.2, 0.25) is 5.91 Å². The van der Waals surface area contributed by atoms with Gasteiger partial charge in [-0.25, -0.2) is 0 Å². The third kappa shape index (κ3) is 3.34. The molecule has 0 fully saturated rings. The fourth-order valence-corrected chi connectivity index (χ4v) is 1.56. The van der Waals surface area contributed by atoms with Crippen molar-refractivity contribution in [1.82, 2.24) is 20.0 Å². The Morgan fingerprint density at radius 1 is 1.50 bits per heavy atom. The maximum Gasteiger partial charge on any atom is 0.236 e. The summed E-state index contributed by atoms with van der Waals surface area (Å²) in [6.07, 6.45) is 1.75. The molecule has 0 aliphatic carbocycles. The quantitative estimate of drug-likeness (QED) is 0.760. The molecular weight excluding hydrogens is 204 g/mol. The molecular formula is C11H20N4O. The van der Waals surface area contributed by atoms with E-state index < -0.39 is 0 Å². The number of hydrogen-bond donors (Lipinski definition) is 1. The number of carbonyl (C=O) groups is 1. The summed E-state index contributed by atoms with van der Waals surface area (Å²) in [6.45, 7) is 6.56. The molecule has 1 aromatic rings. The van der Waals surface area contributed by atoms with Crippen molar-refractivity contribution in [2.24, 2.45) is 7.05 Å². The molecule has 0 bridgehead atoms. The molecule has 0 saturated carbocycles.